The third-order valence-electron chi connectivity index (χ3n) is 6.74. The zero-order valence-corrected chi connectivity index (χ0v) is 27.7. The first kappa shape index (κ1) is 38.4. The van der Waals surface area contributed by atoms with E-state index in [1.54, 1.807) is 0 Å². The summed E-state index contributed by atoms with van der Waals surface area (Å²) >= 11 is 0. The molecule has 1 atom stereocenters. The summed E-state index contributed by atoms with van der Waals surface area (Å²) in [4.78, 5) is 0. The van der Waals surface area contributed by atoms with Crippen molar-refractivity contribution in [2.45, 2.75) is 162 Å². The molecule has 204 valence electrons. The molecule has 0 heterocycles. The number of hydrogen-bond donors (Lipinski definition) is 0. The van der Waals surface area contributed by atoms with E-state index in [-0.39, 0.29) is 63.9 Å². The summed E-state index contributed by atoms with van der Waals surface area (Å²) in [5.74, 6) is 0.0197. The molecule has 0 amide bonds. The smallest absolute Gasteiger partial charge is 0.726 e. The minimum absolute atomic E-state index is 0. The molecule has 0 saturated carbocycles. The van der Waals surface area contributed by atoms with Crippen molar-refractivity contribution in [2.24, 2.45) is 5.92 Å². The van der Waals surface area contributed by atoms with E-state index in [0.29, 0.717) is 0 Å². The van der Waals surface area contributed by atoms with Gasteiger partial charge in [-0.25, -0.2) is 8.42 Å². The van der Waals surface area contributed by atoms with Gasteiger partial charge in [0.15, 0.2) is 0 Å². The Morgan fingerprint density at radius 2 is 1.00 bits per heavy atom. The molecule has 0 saturated heterocycles. The molecule has 0 aliphatic heterocycles. The standard InChI is InChI=1S/C29H58O4S.K/c1-3-5-7-9-11-12-13-14-15-16-17-18-19-20-21-23-25-27-29(28-33-34(30,31)32)26-24-22-10-8-6-4-2;/h24,26,29H,3-23,25,27-28H2,1-2H3,(H,30,31,32);/q;+1/p-1/b26-24+;. The van der Waals surface area contributed by atoms with Crippen LogP contribution in [-0.2, 0) is 14.6 Å². The number of rotatable bonds is 27. The van der Waals surface area contributed by atoms with E-state index in [1.807, 2.05) is 0 Å². The van der Waals surface area contributed by atoms with E-state index in [9.17, 15) is 13.0 Å². The van der Waals surface area contributed by atoms with Crippen molar-refractivity contribution < 1.29 is 68.5 Å². The third kappa shape index (κ3) is 33.2. The van der Waals surface area contributed by atoms with Gasteiger partial charge in [-0.05, 0) is 19.3 Å². The molecule has 1 unspecified atom stereocenters. The number of unbranched alkanes of at least 4 members (excludes halogenated alkanes) is 20. The summed E-state index contributed by atoms with van der Waals surface area (Å²) in [6.07, 6.45) is 33.9. The van der Waals surface area contributed by atoms with Gasteiger partial charge in [-0.2, -0.15) is 0 Å². The monoisotopic (exact) mass is 540 g/mol. The zero-order chi connectivity index (χ0) is 25.2. The fraction of sp³-hybridized carbons (Fsp3) is 0.931. The van der Waals surface area contributed by atoms with Crippen LogP contribution in [0.3, 0.4) is 0 Å². The second-order valence-corrected chi connectivity index (χ2v) is 11.2. The first-order valence-electron chi connectivity index (χ1n) is 14.8. The van der Waals surface area contributed by atoms with Crippen LogP contribution in [0.5, 0.6) is 0 Å². The van der Waals surface area contributed by atoms with Crippen molar-refractivity contribution in [1.29, 1.82) is 0 Å². The first-order valence-corrected chi connectivity index (χ1v) is 16.1. The molecule has 35 heavy (non-hydrogen) atoms. The van der Waals surface area contributed by atoms with Crippen LogP contribution in [0.2, 0.25) is 0 Å². The van der Waals surface area contributed by atoms with E-state index < -0.39 is 10.4 Å². The quantitative estimate of drug-likeness (QED) is 0.0384. The average molecular weight is 541 g/mol. The molecule has 0 aromatic heterocycles. The van der Waals surface area contributed by atoms with Crippen molar-refractivity contribution in [3.63, 3.8) is 0 Å². The Bertz CT molecular complexity index is 537. The Morgan fingerprint density at radius 1 is 0.629 bits per heavy atom. The van der Waals surface area contributed by atoms with Crippen molar-refractivity contribution in [3.05, 3.63) is 12.2 Å². The van der Waals surface area contributed by atoms with Gasteiger partial charge in [-0.15, -0.1) is 0 Å². The summed E-state index contributed by atoms with van der Waals surface area (Å²) in [5.41, 5.74) is 0. The molecule has 0 aliphatic carbocycles. The molecule has 0 radical (unpaired) electrons. The molecule has 0 spiro atoms. The predicted octanol–water partition coefficient (Wildman–Crippen LogP) is 6.65. The summed E-state index contributed by atoms with van der Waals surface area (Å²) in [6, 6.07) is 0. The summed E-state index contributed by atoms with van der Waals surface area (Å²) in [6.45, 7) is 4.46. The second kappa shape index (κ2) is 29.8. The van der Waals surface area contributed by atoms with Gasteiger partial charge in [-0.3, -0.25) is 4.18 Å². The van der Waals surface area contributed by atoms with Crippen molar-refractivity contribution in [1.82, 2.24) is 0 Å². The molecule has 0 aromatic rings. The SMILES string of the molecule is CCCCCC/C=C/C(CCCCCCCCCCCCCCCCCCC)COS(=O)(=O)[O-].[K+]. The molecule has 0 rings (SSSR count). The van der Waals surface area contributed by atoms with E-state index >= 15 is 0 Å². The van der Waals surface area contributed by atoms with Gasteiger partial charge in [0.1, 0.15) is 0 Å². The minimum Gasteiger partial charge on any atom is -0.726 e. The Hall–Kier alpha value is 1.25. The number of hydrogen-bond acceptors (Lipinski definition) is 4. The van der Waals surface area contributed by atoms with Crippen LogP contribution in [0, 0.1) is 5.92 Å². The van der Waals surface area contributed by atoms with Gasteiger partial charge < -0.3 is 4.55 Å². The molecule has 0 N–H and O–H groups in total. The maximum Gasteiger partial charge on any atom is 1.00 e. The van der Waals surface area contributed by atoms with Gasteiger partial charge in [0, 0.05) is 5.92 Å². The maximum absolute atomic E-state index is 10.8. The van der Waals surface area contributed by atoms with E-state index in [4.69, 9.17) is 0 Å². The van der Waals surface area contributed by atoms with Gasteiger partial charge in [0.2, 0.25) is 10.4 Å². The number of allylic oxidation sites excluding steroid dienone is 1. The van der Waals surface area contributed by atoms with Crippen molar-refractivity contribution >= 4 is 10.4 Å². The Kier molecular flexibility index (Phi) is 32.7. The van der Waals surface area contributed by atoms with Gasteiger partial charge in [0.05, 0.1) is 6.61 Å². The van der Waals surface area contributed by atoms with Crippen LogP contribution in [-0.4, -0.2) is 19.6 Å². The fourth-order valence-corrected chi connectivity index (χ4v) is 4.86. The fourth-order valence-electron chi connectivity index (χ4n) is 4.51. The molecular weight excluding hydrogens is 483 g/mol. The van der Waals surface area contributed by atoms with E-state index in [0.717, 1.165) is 25.7 Å². The van der Waals surface area contributed by atoms with Crippen molar-refractivity contribution in [3.8, 4) is 0 Å². The predicted molar refractivity (Wildman–Crippen MR) is 146 cm³/mol. The zero-order valence-electron chi connectivity index (χ0n) is 23.7. The molecule has 0 aromatic carbocycles. The topological polar surface area (TPSA) is 66.4 Å². The van der Waals surface area contributed by atoms with Crippen LogP contribution in [0.25, 0.3) is 0 Å². The summed E-state index contributed by atoms with van der Waals surface area (Å²) in [7, 11) is -4.61. The Balaban J connectivity index is 0. The van der Waals surface area contributed by atoms with Crippen LogP contribution in [0.15, 0.2) is 12.2 Å². The third-order valence-corrected chi connectivity index (χ3v) is 7.16. The van der Waals surface area contributed by atoms with Gasteiger partial charge >= 0.3 is 51.4 Å². The van der Waals surface area contributed by atoms with Gasteiger partial charge in [0.25, 0.3) is 0 Å². The molecule has 6 heteroatoms. The van der Waals surface area contributed by atoms with Crippen LogP contribution < -0.4 is 51.4 Å². The molecule has 0 fully saturated rings. The summed E-state index contributed by atoms with van der Waals surface area (Å²) in [5, 5.41) is 0. The van der Waals surface area contributed by atoms with Crippen LogP contribution in [0.4, 0.5) is 0 Å². The minimum atomic E-state index is -4.61. The first-order chi connectivity index (χ1) is 16.5. The van der Waals surface area contributed by atoms with Crippen LogP contribution in [0.1, 0.15) is 162 Å². The molecule has 4 nitrogen and oxygen atoms in total. The molecule has 0 aliphatic rings. The van der Waals surface area contributed by atoms with E-state index in [2.05, 4.69) is 30.2 Å². The van der Waals surface area contributed by atoms with E-state index in [1.165, 1.54) is 122 Å². The second-order valence-electron chi connectivity index (χ2n) is 10.2. The average Bonchev–Trinajstić information content (AvgIpc) is 2.80. The molecule has 0 bridgehead atoms. The normalized spacial score (nSPS) is 12.8. The van der Waals surface area contributed by atoms with Crippen molar-refractivity contribution in [2.75, 3.05) is 6.61 Å². The largest absolute Gasteiger partial charge is 1.00 e. The Labute approximate surface area is 262 Å². The van der Waals surface area contributed by atoms with Crippen LogP contribution >= 0.6 is 0 Å². The summed E-state index contributed by atoms with van der Waals surface area (Å²) < 4.78 is 37.0. The Morgan fingerprint density at radius 3 is 1.40 bits per heavy atom. The maximum atomic E-state index is 10.8. The molecular formula is C29H57KO4S. The van der Waals surface area contributed by atoms with Gasteiger partial charge in [-0.1, -0.05) is 154 Å².